The number of hydrogen-bond donors (Lipinski definition) is 1. The molecule has 0 aliphatic rings. The number of anilines is 1. The van der Waals surface area contributed by atoms with Crippen LogP contribution in [0.25, 0.3) is 11.5 Å². The number of amides is 1. The van der Waals surface area contributed by atoms with Crippen LogP contribution in [0.1, 0.15) is 37.7 Å². The van der Waals surface area contributed by atoms with Crippen molar-refractivity contribution in [2.24, 2.45) is 7.05 Å². The normalized spacial score (nSPS) is 11.6. The summed E-state index contributed by atoms with van der Waals surface area (Å²) in [6.45, 7) is 10.3. The number of hydrogen-bond acceptors (Lipinski definition) is 6. The lowest BCUT2D eigenvalue weighted by Crippen LogP contribution is -2.15. The van der Waals surface area contributed by atoms with Crippen LogP contribution in [0.15, 0.2) is 33.9 Å². The van der Waals surface area contributed by atoms with E-state index in [1.165, 1.54) is 17.3 Å². The SMILES string of the molecule is Cc1nn(C)c(C)c1NC(=O)CSc1nnc(-c2ccc(C(C)(C)C)cc2)o1. The van der Waals surface area contributed by atoms with Crippen LogP contribution >= 0.6 is 11.8 Å². The molecule has 0 atom stereocenters. The molecule has 2 heterocycles. The molecule has 3 rings (SSSR count). The van der Waals surface area contributed by atoms with Gasteiger partial charge in [0.05, 0.1) is 22.8 Å². The van der Waals surface area contributed by atoms with Gasteiger partial charge in [-0.2, -0.15) is 5.10 Å². The number of carbonyl (C=O) groups excluding carboxylic acids is 1. The van der Waals surface area contributed by atoms with E-state index in [9.17, 15) is 4.79 Å². The maximum atomic E-state index is 12.2. The fourth-order valence-electron chi connectivity index (χ4n) is 2.75. The third-order valence-electron chi connectivity index (χ3n) is 4.50. The van der Waals surface area contributed by atoms with Gasteiger partial charge in [-0.3, -0.25) is 9.48 Å². The summed E-state index contributed by atoms with van der Waals surface area (Å²) < 4.78 is 7.44. The standard InChI is InChI=1S/C20H25N5O2S/c1-12-17(13(2)25(6)24-12)21-16(26)11-28-19-23-22-18(27-19)14-7-9-15(10-8-14)20(3,4)5/h7-10H,11H2,1-6H3,(H,21,26). The average molecular weight is 400 g/mol. The molecule has 0 saturated heterocycles. The van der Waals surface area contributed by atoms with E-state index in [2.05, 4.69) is 53.5 Å². The zero-order valence-corrected chi connectivity index (χ0v) is 17.8. The molecular formula is C20H25N5O2S. The number of benzene rings is 1. The molecule has 0 saturated carbocycles. The molecule has 0 aliphatic carbocycles. The minimum Gasteiger partial charge on any atom is -0.411 e. The van der Waals surface area contributed by atoms with E-state index in [1.807, 2.05) is 33.0 Å². The first-order valence-electron chi connectivity index (χ1n) is 9.02. The first-order valence-corrected chi connectivity index (χ1v) is 10.0. The van der Waals surface area contributed by atoms with Crippen LogP contribution in [-0.2, 0) is 17.3 Å². The van der Waals surface area contributed by atoms with Crippen molar-refractivity contribution in [3.05, 3.63) is 41.2 Å². The van der Waals surface area contributed by atoms with Gasteiger partial charge in [0.2, 0.25) is 11.8 Å². The number of carbonyl (C=O) groups is 1. The molecule has 0 bridgehead atoms. The summed E-state index contributed by atoms with van der Waals surface area (Å²) in [5.74, 6) is 0.485. The Balaban J connectivity index is 1.61. The molecule has 8 heteroatoms. The summed E-state index contributed by atoms with van der Waals surface area (Å²) in [5, 5.41) is 15.7. The molecule has 0 aliphatic heterocycles. The second kappa shape index (κ2) is 7.79. The predicted molar refractivity (Wildman–Crippen MR) is 110 cm³/mol. The van der Waals surface area contributed by atoms with Crippen molar-refractivity contribution in [3.8, 4) is 11.5 Å². The lowest BCUT2D eigenvalue weighted by atomic mass is 9.87. The maximum Gasteiger partial charge on any atom is 0.277 e. The third kappa shape index (κ3) is 4.44. The molecule has 0 fully saturated rings. The molecule has 1 aromatic carbocycles. The van der Waals surface area contributed by atoms with Crippen LogP contribution in [0.2, 0.25) is 0 Å². The summed E-state index contributed by atoms with van der Waals surface area (Å²) in [7, 11) is 1.85. The number of aromatic nitrogens is 4. The molecular weight excluding hydrogens is 374 g/mol. The summed E-state index contributed by atoms with van der Waals surface area (Å²) >= 11 is 1.21. The van der Waals surface area contributed by atoms with Gasteiger partial charge in [0, 0.05) is 12.6 Å². The van der Waals surface area contributed by atoms with Crippen molar-refractivity contribution < 1.29 is 9.21 Å². The fourth-order valence-corrected chi connectivity index (χ4v) is 3.32. The van der Waals surface area contributed by atoms with Crippen molar-refractivity contribution in [1.29, 1.82) is 0 Å². The van der Waals surface area contributed by atoms with Gasteiger partial charge in [0.25, 0.3) is 5.22 Å². The Bertz CT molecular complexity index is 983. The van der Waals surface area contributed by atoms with E-state index in [4.69, 9.17) is 4.42 Å². The molecule has 1 amide bonds. The highest BCUT2D eigenvalue weighted by molar-refractivity contribution is 7.99. The molecule has 28 heavy (non-hydrogen) atoms. The zero-order chi connectivity index (χ0) is 20.5. The first-order chi connectivity index (χ1) is 13.1. The van der Waals surface area contributed by atoms with Crippen LogP contribution in [0.4, 0.5) is 5.69 Å². The van der Waals surface area contributed by atoms with Gasteiger partial charge in [-0.05, 0) is 37.0 Å². The number of aryl methyl sites for hydroxylation is 2. The number of nitrogens with one attached hydrogen (secondary N) is 1. The van der Waals surface area contributed by atoms with Crippen molar-refractivity contribution in [2.75, 3.05) is 11.1 Å². The van der Waals surface area contributed by atoms with Crippen molar-refractivity contribution >= 4 is 23.4 Å². The summed E-state index contributed by atoms with van der Waals surface area (Å²) in [5.41, 5.74) is 4.64. The van der Waals surface area contributed by atoms with Gasteiger partial charge in [-0.1, -0.05) is 44.7 Å². The Labute approximate surface area is 168 Å². The quantitative estimate of drug-likeness (QED) is 0.650. The predicted octanol–water partition coefficient (Wildman–Crippen LogP) is 4.12. The highest BCUT2D eigenvalue weighted by Gasteiger charge is 2.16. The van der Waals surface area contributed by atoms with Crippen LogP contribution in [0.5, 0.6) is 0 Å². The Kier molecular flexibility index (Phi) is 5.60. The van der Waals surface area contributed by atoms with Crippen molar-refractivity contribution in [3.63, 3.8) is 0 Å². The molecule has 0 spiro atoms. The Morgan fingerprint density at radius 2 is 1.86 bits per heavy atom. The third-order valence-corrected chi connectivity index (χ3v) is 5.32. The molecule has 7 nitrogen and oxygen atoms in total. The molecule has 0 unspecified atom stereocenters. The number of thioether (sulfide) groups is 1. The second-order valence-corrected chi connectivity index (χ2v) is 8.63. The van der Waals surface area contributed by atoms with Gasteiger partial charge in [0.1, 0.15) is 0 Å². The zero-order valence-electron chi connectivity index (χ0n) is 17.0. The largest absolute Gasteiger partial charge is 0.411 e. The summed E-state index contributed by atoms with van der Waals surface area (Å²) in [6, 6.07) is 8.09. The summed E-state index contributed by atoms with van der Waals surface area (Å²) in [6.07, 6.45) is 0. The van der Waals surface area contributed by atoms with E-state index < -0.39 is 0 Å². The lowest BCUT2D eigenvalue weighted by Gasteiger charge is -2.18. The Morgan fingerprint density at radius 3 is 2.43 bits per heavy atom. The lowest BCUT2D eigenvalue weighted by molar-refractivity contribution is -0.113. The van der Waals surface area contributed by atoms with Crippen molar-refractivity contribution in [2.45, 2.75) is 45.3 Å². The monoisotopic (exact) mass is 399 g/mol. The van der Waals surface area contributed by atoms with E-state index in [0.717, 1.165) is 22.6 Å². The van der Waals surface area contributed by atoms with E-state index >= 15 is 0 Å². The molecule has 2 aromatic heterocycles. The minimum atomic E-state index is -0.140. The van der Waals surface area contributed by atoms with E-state index in [0.29, 0.717) is 11.1 Å². The van der Waals surface area contributed by atoms with Gasteiger partial charge in [-0.15, -0.1) is 10.2 Å². The van der Waals surface area contributed by atoms with Crippen LogP contribution in [0, 0.1) is 13.8 Å². The second-order valence-electron chi connectivity index (χ2n) is 7.71. The highest BCUT2D eigenvalue weighted by atomic mass is 32.2. The highest BCUT2D eigenvalue weighted by Crippen LogP contribution is 2.27. The summed E-state index contributed by atoms with van der Waals surface area (Å²) in [4.78, 5) is 12.2. The molecule has 3 aromatic rings. The van der Waals surface area contributed by atoms with E-state index in [1.54, 1.807) is 4.68 Å². The topological polar surface area (TPSA) is 85.8 Å². The number of rotatable bonds is 5. The smallest absolute Gasteiger partial charge is 0.277 e. The van der Waals surface area contributed by atoms with Crippen LogP contribution in [-0.4, -0.2) is 31.6 Å². The van der Waals surface area contributed by atoms with Gasteiger partial charge >= 0.3 is 0 Å². The maximum absolute atomic E-state index is 12.2. The first kappa shape index (κ1) is 20.1. The van der Waals surface area contributed by atoms with Crippen molar-refractivity contribution in [1.82, 2.24) is 20.0 Å². The van der Waals surface area contributed by atoms with Gasteiger partial charge < -0.3 is 9.73 Å². The van der Waals surface area contributed by atoms with Gasteiger partial charge in [0.15, 0.2) is 0 Å². The van der Waals surface area contributed by atoms with Gasteiger partial charge in [-0.25, -0.2) is 0 Å². The Hall–Kier alpha value is -2.61. The van der Waals surface area contributed by atoms with Crippen LogP contribution in [0.3, 0.4) is 0 Å². The Morgan fingerprint density at radius 1 is 1.18 bits per heavy atom. The molecule has 148 valence electrons. The molecule has 0 radical (unpaired) electrons. The van der Waals surface area contributed by atoms with E-state index in [-0.39, 0.29) is 17.1 Å². The fraction of sp³-hybridized carbons (Fsp3) is 0.400. The average Bonchev–Trinajstić information content (AvgIpc) is 3.20. The van der Waals surface area contributed by atoms with Crippen LogP contribution < -0.4 is 5.32 Å². The molecule has 1 N–H and O–H groups in total. The number of nitrogens with zero attached hydrogens (tertiary/aromatic N) is 4. The minimum absolute atomic E-state index is 0.0900.